The summed E-state index contributed by atoms with van der Waals surface area (Å²) in [7, 11) is 0. The average Bonchev–Trinajstić information content (AvgIpc) is 2.69. The quantitative estimate of drug-likeness (QED) is 0.681. The Kier molecular flexibility index (Phi) is 5.24. The third-order valence-electron chi connectivity index (χ3n) is 5.88. The Bertz CT molecular complexity index is 1030. The van der Waals surface area contributed by atoms with E-state index < -0.39 is 5.41 Å². The Hall–Kier alpha value is -2.92. The summed E-state index contributed by atoms with van der Waals surface area (Å²) in [4.78, 5) is 22.1. The van der Waals surface area contributed by atoms with Gasteiger partial charge < -0.3 is 5.11 Å². The van der Waals surface area contributed by atoms with Crippen LogP contribution >= 0.6 is 0 Å². The molecule has 0 radical (unpaired) electrons. The molecular weight excluding hydrogens is 367 g/mol. The van der Waals surface area contributed by atoms with Crippen LogP contribution in [0.25, 0.3) is 11.1 Å². The van der Waals surface area contributed by atoms with Crippen molar-refractivity contribution in [1.29, 1.82) is 0 Å². The molecule has 0 spiro atoms. The second-order valence-corrected chi connectivity index (χ2v) is 7.74. The Morgan fingerprint density at radius 1 is 1.10 bits per heavy atom. The third-order valence-corrected chi connectivity index (χ3v) is 5.88. The monoisotopic (exact) mass is 390 g/mol. The number of nitrogens with zero attached hydrogens (tertiary/aromatic N) is 2. The fourth-order valence-corrected chi connectivity index (χ4v) is 4.01. The first-order valence-corrected chi connectivity index (χ1v) is 9.83. The number of hydrogen-bond donors (Lipinski definition) is 1. The highest BCUT2D eigenvalue weighted by Crippen LogP contribution is 2.44. The lowest BCUT2D eigenvalue weighted by molar-refractivity contribution is -0.127. The van der Waals surface area contributed by atoms with Crippen LogP contribution in [0.15, 0.2) is 54.9 Å². The molecule has 4 rings (SSSR count). The van der Waals surface area contributed by atoms with Crippen molar-refractivity contribution in [3.63, 3.8) is 0 Å². The number of ketones is 1. The number of carbonyl (C=O) groups is 1. The fraction of sp³-hybridized carbons (Fsp3) is 0.292. The lowest BCUT2D eigenvalue weighted by Gasteiger charge is -2.40. The van der Waals surface area contributed by atoms with Crippen LogP contribution in [0.4, 0.5) is 4.39 Å². The molecule has 5 heteroatoms. The Morgan fingerprint density at radius 2 is 1.86 bits per heavy atom. The van der Waals surface area contributed by atoms with E-state index in [2.05, 4.69) is 9.97 Å². The van der Waals surface area contributed by atoms with E-state index in [1.54, 1.807) is 24.5 Å². The molecule has 0 atom stereocenters. The van der Waals surface area contributed by atoms with Gasteiger partial charge in [-0.2, -0.15) is 0 Å². The minimum Gasteiger partial charge on any atom is -0.392 e. The van der Waals surface area contributed by atoms with Crippen molar-refractivity contribution >= 4 is 5.78 Å². The van der Waals surface area contributed by atoms with Gasteiger partial charge in [0.05, 0.1) is 17.7 Å². The van der Waals surface area contributed by atoms with Gasteiger partial charge in [0.15, 0.2) is 0 Å². The van der Waals surface area contributed by atoms with Gasteiger partial charge in [-0.25, -0.2) is 4.39 Å². The molecule has 1 aromatic carbocycles. The minimum absolute atomic E-state index is 0.0689. The van der Waals surface area contributed by atoms with Crippen LogP contribution in [-0.2, 0) is 23.2 Å². The molecule has 0 amide bonds. The van der Waals surface area contributed by atoms with E-state index in [1.165, 1.54) is 12.1 Å². The Labute approximate surface area is 169 Å². The molecule has 4 nitrogen and oxygen atoms in total. The number of aryl methyl sites for hydroxylation is 1. The lowest BCUT2D eigenvalue weighted by Crippen LogP contribution is -2.44. The second-order valence-electron chi connectivity index (χ2n) is 7.74. The first-order chi connectivity index (χ1) is 14.0. The highest BCUT2D eigenvalue weighted by molar-refractivity contribution is 5.92. The van der Waals surface area contributed by atoms with Crippen LogP contribution in [0.5, 0.6) is 0 Å². The number of aliphatic hydroxyl groups excluding tert-OH is 1. The molecule has 1 N–H and O–H groups in total. The number of Topliss-reactive ketones (excluding diaryl/α,β-unsaturated/α-hetero) is 1. The average molecular weight is 390 g/mol. The van der Waals surface area contributed by atoms with Gasteiger partial charge in [-0.15, -0.1) is 0 Å². The van der Waals surface area contributed by atoms with E-state index >= 15 is 0 Å². The predicted molar refractivity (Wildman–Crippen MR) is 109 cm³/mol. The van der Waals surface area contributed by atoms with Gasteiger partial charge in [0.2, 0.25) is 0 Å². The van der Waals surface area contributed by atoms with E-state index in [0.29, 0.717) is 0 Å². The predicted octanol–water partition coefficient (Wildman–Crippen LogP) is 4.32. The Balaban J connectivity index is 1.60. The molecule has 148 valence electrons. The van der Waals surface area contributed by atoms with Crippen molar-refractivity contribution in [1.82, 2.24) is 9.97 Å². The van der Waals surface area contributed by atoms with Crippen molar-refractivity contribution < 1.29 is 14.3 Å². The maximum absolute atomic E-state index is 13.1. The highest BCUT2D eigenvalue weighted by Gasteiger charge is 2.46. The van der Waals surface area contributed by atoms with Crippen molar-refractivity contribution in [2.45, 2.75) is 44.6 Å². The maximum atomic E-state index is 13.1. The normalized spacial score (nSPS) is 15.0. The van der Waals surface area contributed by atoms with Crippen LogP contribution < -0.4 is 0 Å². The largest absolute Gasteiger partial charge is 0.392 e. The maximum Gasteiger partial charge on any atom is 0.149 e. The number of rotatable bonds is 6. The standard InChI is InChI=1S/C24H23FN2O2/c1-16-11-19(15-28)21(14-26-16)18-5-8-22(27-13-18)24(9-2-10-24)23(29)12-17-3-6-20(25)7-4-17/h3-8,11,13-14,28H,2,9-10,12,15H2,1H3. The van der Waals surface area contributed by atoms with Crippen molar-refractivity contribution in [3.05, 3.63) is 83.2 Å². The molecule has 2 heterocycles. The fourth-order valence-electron chi connectivity index (χ4n) is 4.01. The number of carbonyl (C=O) groups excluding carboxylic acids is 1. The number of halogens is 1. The number of aromatic nitrogens is 2. The van der Waals surface area contributed by atoms with Gasteiger partial charge in [-0.1, -0.05) is 24.6 Å². The summed E-state index contributed by atoms with van der Waals surface area (Å²) in [6, 6.07) is 11.8. The summed E-state index contributed by atoms with van der Waals surface area (Å²) in [6.07, 6.45) is 6.35. The van der Waals surface area contributed by atoms with Gasteiger partial charge in [-0.05, 0) is 55.2 Å². The molecule has 0 aliphatic heterocycles. The first kappa shape index (κ1) is 19.4. The SMILES string of the molecule is Cc1cc(CO)c(-c2ccc(C3(C(=O)Cc4ccc(F)cc4)CCC3)nc2)cn1. The molecule has 1 aliphatic rings. The molecule has 0 bridgehead atoms. The smallest absolute Gasteiger partial charge is 0.149 e. The van der Waals surface area contributed by atoms with Crippen LogP contribution in [-0.4, -0.2) is 20.9 Å². The Morgan fingerprint density at radius 3 is 2.45 bits per heavy atom. The van der Waals surface area contributed by atoms with Gasteiger partial charge in [0, 0.05) is 35.6 Å². The zero-order chi connectivity index (χ0) is 20.4. The van der Waals surface area contributed by atoms with E-state index in [-0.39, 0.29) is 24.6 Å². The first-order valence-electron chi connectivity index (χ1n) is 9.83. The van der Waals surface area contributed by atoms with Crippen LogP contribution in [0.1, 0.15) is 41.8 Å². The van der Waals surface area contributed by atoms with E-state index in [4.69, 9.17) is 0 Å². The second kappa shape index (κ2) is 7.84. The van der Waals surface area contributed by atoms with Crippen molar-refractivity contribution in [2.75, 3.05) is 0 Å². The highest BCUT2D eigenvalue weighted by atomic mass is 19.1. The van der Waals surface area contributed by atoms with Crippen LogP contribution in [0, 0.1) is 12.7 Å². The molecular formula is C24H23FN2O2. The van der Waals surface area contributed by atoms with Gasteiger partial charge >= 0.3 is 0 Å². The number of pyridine rings is 2. The minimum atomic E-state index is -0.557. The van der Waals surface area contributed by atoms with Crippen molar-refractivity contribution in [3.8, 4) is 11.1 Å². The number of hydrogen-bond acceptors (Lipinski definition) is 4. The summed E-state index contributed by atoms with van der Waals surface area (Å²) in [6.45, 7) is 1.82. The summed E-state index contributed by atoms with van der Waals surface area (Å²) in [5.74, 6) is -0.173. The molecule has 0 saturated heterocycles. The molecule has 1 aliphatic carbocycles. The van der Waals surface area contributed by atoms with E-state index in [1.807, 2.05) is 25.1 Å². The van der Waals surface area contributed by atoms with E-state index in [0.717, 1.165) is 52.9 Å². The van der Waals surface area contributed by atoms with Gasteiger partial charge in [0.25, 0.3) is 0 Å². The van der Waals surface area contributed by atoms with Gasteiger partial charge in [-0.3, -0.25) is 14.8 Å². The zero-order valence-corrected chi connectivity index (χ0v) is 16.4. The lowest BCUT2D eigenvalue weighted by atomic mass is 9.62. The summed E-state index contributed by atoms with van der Waals surface area (Å²) >= 11 is 0. The van der Waals surface area contributed by atoms with Crippen molar-refractivity contribution in [2.24, 2.45) is 0 Å². The van der Waals surface area contributed by atoms with Crippen LogP contribution in [0.2, 0.25) is 0 Å². The third kappa shape index (κ3) is 3.70. The topological polar surface area (TPSA) is 63.1 Å². The molecule has 3 aromatic rings. The summed E-state index contributed by atoms with van der Waals surface area (Å²) < 4.78 is 13.1. The molecule has 0 unspecified atom stereocenters. The number of benzene rings is 1. The molecule has 1 saturated carbocycles. The van der Waals surface area contributed by atoms with E-state index in [9.17, 15) is 14.3 Å². The van der Waals surface area contributed by atoms with Crippen LogP contribution in [0.3, 0.4) is 0 Å². The summed E-state index contributed by atoms with van der Waals surface area (Å²) in [5, 5.41) is 9.65. The number of aliphatic hydroxyl groups is 1. The summed E-state index contributed by atoms with van der Waals surface area (Å²) in [5.41, 5.74) is 4.41. The molecule has 2 aromatic heterocycles. The van der Waals surface area contributed by atoms with Gasteiger partial charge in [0.1, 0.15) is 11.6 Å². The molecule has 29 heavy (non-hydrogen) atoms. The zero-order valence-electron chi connectivity index (χ0n) is 16.4. The molecule has 1 fully saturated rings.